The van der Waals surface area contributed by atoms with Crippen molar-refractivity contribution in [3.63, 3.8) is 0 Å². The minimum atomic E-state index is -0.396. The van der Waals surface area contributed by atoms with Crippen LogP contribution in [0.1, 0.15) is 37.2 Å². The van der Waals surface area contributed by atoms with Gasteiger partial charge in [0.05, 0.1) is 11.5 Å². The number of hydrogen-bond donors (Lipinski definition) is 0. The SMILES string of the molecule is CC(C)CCn1c(COc2ccccc2)nnc1SCc1cc([N+](=O)[O-])cc2c1OCOC2. The topological polar surface area (TPSA) is 102 Å². The lowest BCUT2D eigenvalue weighted by molar-refractivity contribution is -0.385. The summed E-state index contributed by atoms with van der Waals surface area (Å²) in [6.07, 6.45) is 0.969. The van der Waals surface area contributed by atoms with E-state index in [0.29, 0.717) is 36.2 Å². The summed E-state index contributed by atoms with van der Waals surface area (Å²) in [5, 5.41) is 20.9. The predicted octanol–water partition coefficient (Wildman–Crippen LogP) is 4.97. The van der Waals surface area contributed by atoms with Crippen molar-refractivity contribution in [3.05, 3.63) is 69.5 Å². The van der Waals surface area contributed by atoms with Crippen molar-refractivity contribution in [2.24, 2.45) is 5.92 Å². The Bertz CT molecular complexity index is 1100. The predicted molar refractivity (Wildman–Crippen MR) is 123 cm³/mol. The molecule has 0 unspecified atom stereocenters. The number of nitro benzene ring substituents is 1. The van der Waals surface area contributed by atoms with Crippen LogP contribution in [-0.2, 0) is 30.2 Å². The molecule has 0 spiro atoms. The zero-order chi connectivity index (χ0) is 23.2. The smallest absolute Gasteiger partial charge is 0.270 e. The molecule has 1 aliphatic heterocycles. The van der Waals surface area contributed by atoms with Crippen molar-refractivity contribution in [2.45, 2.75) is 50.9 Å². The van der Waals surface area contributed by atoms with E-state index < -0.39 is 4.92 Å². The molecule has 0 bridgehead atoms. The fraction of sp³-hybridized carbons (Fsp3) is 0.391. The van der Waals surface area contributed by atoms with Gasteiger partial charge in [0.25, 0.3) is 5.69 Å². The normalized spacial score (nSPS) is 12.9. The van der Waals surface area contributed by atoms with E-state index in [2.05, 4.69) is 28.6 Å². The maximum absolute atomic E-state index is 11.4. The first kappa shape index (κ1) is 23.1. The van der Waals surface area contributed by atoms with E-state index in [-0.39, 0.29) is 12.5 Å². The Morgan fingerprint density at radius 1 is 1.24 bits per heavy atom. The summed E-state index contributed by atoms with van der Waals surface area (Å²) in [7, 11) is 0. The van der Waals surface area contributed by atoms with Crippen LogP contribution >= 0.6 is 11.8 Å². The third-order valence-corrected chi connectivity index (χ3v) is 6.19. The summed E-state index contributed by atoms with van der Waals surface area (Å²) in [4.78, 5) is 11.0. The van der Waals surface area contributed by atoms with E-state index in [9.17, 15) is 10.1 Å². The number of nitrogens with zero attached hydrogens (tertiary/aromatic N) is 4. The van der Waals surface area contributed by atoms with Gasteiger partial charge in [-0.25, -0.2) is 0 Å². The van der Waals surface area contributed by atoms with Crippen molar-refractivity contribution < 1.29 is 19.1 Å². The van der Waals surface area contributed by atoms with Gasteiger partial charge in [-0.05, 0) is 24.5 Å². The quantitative estimate of drug-likeness (QED) is 0.232. The van der Waals surface area contributed by atoms with Gasteiger partial charge in [-0.3, -0.25) is 10.1 Å². The van der Waals surface area contributed by atoms with Crippen LogP contribution in [0.3, 0.4) is 0 Å². The third-order valence-electron chi connectivity index (χ3n) is 5.17. The molecule has 1 aliphatic rings. The second-order valence-electron chi connectivity index (χ2n) is 8.08. The number of para-hydroxylation sites is 1. The molecule has 0 radical (unpaired) electrons. The number of benzene rings is 2. The summed E-state index contributed by atoms with van der Waals surface area (Å²) in [5.41, 5.74) is 1.45. The molecule has 2 heterocycles. The molecule has 10 heteroatoms. The number of nitro groups is 1. The molecule has 0 N–H and O–H groups in total. The second kappa shape index (κ2) is 10.7. The summed E-state index contributed by atoms with van der Waals surface area (Å²) < 4.78 is 18.9. The lowest BCUT2D eigenvalue weighted by atomic mass is 10.1. The van der Waals surface area contributed by atoms with Crippen LogP contribution in [0.5, 0.6) is 11.5 Å². The molecule has 9 nitrogen and oxygen atoms in total. The number of ether oxygens (including phenoxy) is 3. The van der Waals surface area contributed by atoms with Gasteiger partial charge in [-0.2, -0.15) is 0 Å². The standard InChI is InChI=1S/C23H26N4O5S/c1-16(2)8-9-26-21(13-31-20-6-4-3-5-7-20)24-25-23(26)33-14-18-11-19(27(28)29)10-17-12-30-15-32-22(17)18/h3-7,10-11,16H,8-9,12-15H2,1-2H3. The second-order valence-corrected chi connectivity index (χ2v) is 9.03. The maximum atomic E-state index is 11.4. The molecule has 1 aromatic heterocycles. The van der Waals surface area contributed by atoms with Crippen LogP contribution in [0, 0.1) is 16.0 Å². The van der Waals surface area contributed by atoms with E-state index >= 15 is 0 Å². The zero-order valence-electron chi connectivity index (χ0n) is 18.6. The van der Waals surface area contributed by atoms with Gasteiger partial charge in [0.15, 0.2) is 17.8 Å². The lowest BCUT2D eigenvalue weighted by Gasteiger charge is -2.20. The third kappa shape index (κ3) is 5.82. The van der Waals surface area contributed by atoms with E-state index in [1.807, 2.05) is 30.3 Å². The van der Waals surface area contributed by atoms with Crippen LogP contribution in [0.15, 0.2) is 47.6 Å². The van der Waals surface area contributed by atoms with Gasteiger partial charge in [-0.1, -0.05) is 43.8 Å². The largest absolute Gasteiger partial charge is 0.486 e. The van der Waals surface area contributed by atoms with Gasteiger partial charge in [-0.15, -0.1) is 10.2 Å². The van der Waals surface area contributed by atoms with E-state index in [4.69, 9.17) is 14.2 Å². The Labute approximate surface area is 196 Å². The van der Waals surface area contributed by atoms with E-state index in [1.54, 1.807) is 6.07 Å². The van der Waals surface area contributed by atoms with E-state index in [1.165, 1.54) is 17.8 Å². The van der Waals surface area contributed by atoms with Crippen molar-refractivity contribution >= 4 is 17.4 Å². The van der Waals surface area contributed by atoms with Gasteiger partial charge >= 0.3 is 0 Å². The number of rotatable bonds is 10. The first-order chi connectivity index (χ1) is 16.0. The van der Waals surface area contributed by atoms with Gasteiger partial charge in [0.1, 0.15) is 18.1 Å². The maximum Gasteiger partial charge on any atom is 0.270 e. The minimum Gasteiger partial charge on any atom is -0.486 e. The molecule has 4 rings (SSSR count). The number of thioether (sulfide) groups is 1. The summed E-state index contributed by atoms with van der Waals surface area (Å²) in [5.74, 6) is 3.15. The van der Waals surface area contributed by atoms with Gasteiger partial charge in [0.2, 0.25) is 0 Å². The van der Waals surface area contributed by atoms with Crippen molar-refractivity contribution in [1.82, 2.24) is 14.8 Å². The van der Waals surface area contributed by atoms with Gasteiger partial charge in [0, 0.05) is 35.6 Å². The number of non-ortho nitro benzene ring substituents is 1. The zero-order valence-corrected chi connectivity index (χ0v) is 19.4. The molecule has 2 aromatic carbocycles. The van der Waals surface area contributed by atoms with Crippen molar-refractivity contribution in [2.75, 3.05) is 6.79 Å². The molecular formula is C23H26N4O5S. The van der Waals surface area contributed by atoms with Crippen LogP contribution < -0.4 is 9.47 Å². The molecule has 3 aromatic rings. The Kier molecular flexibility index (Phi) is 7.46. The highest BCUT2D eigenvalue weighted by atomic mass is 32.2. The highest BCUT2D eigenvalue weighted by molar-refractivity contribution is 7.98. The Balaban J connectivity index is 1.54. The Morgan fingerprint density at radius 3 is 2.82 bits per heavy atom. The highest BCUT2D eigenvalue weighted by Gasteiger charge is 2.22. The molecule has 174 valence electrons. The van der Waals surface area contributed by atoms with Gasteiger partial charge < -0.3 is 18.8 Å². The molecule has 0 aliphatic carbocycles. The first-order valence-electron chi connectivity index (χ1n) is 10.7. The van der Waals surface area contributed by atoms with Crippen LogP contribution in [-0.4, -0.2) is 26.5 Å². The lowest BCUT2D eigenvalue weighted by Crippen LogP contribution is -2.13. The van der Waals surface area contributed by atoms with Crippen LogP contribution in [0.2, 0.25) is 0 Å². The van der Waals surface area contributed by atoms with Crippen LogP contribution in [0.4, 0.5) is 5.69 Å². The number of hydrogen-bond acceptors (Lipinski definition) is 8. The molecule has 0 saturated carbocycles. The van der Waals surface area contributed by atoms with Crippen molar-refractivity contribution in [3.8, 4) is 11.5 Å². The molecular weight excluding hydrogens is 444 g/mol. The molecule has 0 fully saturated rings. The summed E-state index contributed by atoms with van der Waals surface area (Å²) >= 11 is 1.48. The minimum absolute atomic E-state index is 0.0247. The fourth-order valence-corrected chi connectivity index (χ4v) is 4.39. The number of aromatic nitrogens is 3. The Hall–Kier alpha value is -3.11. The average molecular weight is 471 g/mol. The fourth-order valence-electron chi connectivity index (χ4n) is 3.44. The molecule has 0 atom stereocenters. The molecule has 0 saturated heterocycles. The average Bonchev–Trinajstić information content (AvgIpc) is 3.21. The first-order valence-corrected chi connectivity index (χ1v) is 11.7. The summed E-state index contributed by atoms with van der Waals surface area (Å²) in [6, 6.07) is 12.7. The van der Waals surface area contributed by atoms with E-state index in [0.717, 1.165) is 35.3 Å². The summed E-state index contributed by atoms with van der Waals surface area (Å²) in [6.45, 7) is 5.84. The monoisotopic (exact) mass is 470 g/mol. The Morgan fingerprint density at radius 2 is 2.06 bits per heavy atom. The highest BCUT2D eigenvalue weighted by Crippen LogP contribution is 2.36. The molecule has 0 amide bonds. The van der Waals surface area contributed by atoms with Crippen LogP contribution in [0.25, 0.3) is 0 Å². The van der Waals surface area contributed by atoms with Crippen molar-refractivity contribution in [1.29, 1.82) is 0 Å². The number of fused-ring (bicyclic) bond motifs is 1. The molecule has 33 heavy (non-hydrogen) atoms.